The van der Waals surface area contributed by atoms with E-state index in [0.717, 1.165) is 12.8 Å². The second-order valence-corrected chi connectivity index (χ2v) is 3.60. The lowest BCUT2D eigenvalue weighted by Gasteiger charge is -2.06. The zero-order valence-corrected chi connectivity index (χ0v) is 7.99. The molecule has 1 N–H and O–H groups in total. The molecule has 0 bridgehead atoms. The molecule has 1 amide bonds. The fourth-order valence-corrected chi connectivity index (χ4v) is 1.23. The fourth-order valence-electron chi connectivity index (χ4n) is 1.23. The van der Waals surface area contributed by atoms with Crippen molar-refractivity contribution < 1.29 is 22.4 Å². The molecule has 0 atom stereocenters. The van der Waals surface area contributed by atoms with Crippen molar-refractivity contribution in [2.24, 2.45) is 0 Å². The lowest BCUT2D eigenvalue weighted by molar-refractivity contribution is 0.0945. The molecule has 2 nitrogen and oxygen atoms in total. The summed E-state index contributed by atoms with van der Waals surface area (Å²) < 4.78 is 51.3. The summed E-state index contributed by atoms with van der Waals surface area (Å²) in [5.74, 6) is -8.07. The van der Waals surface area contributed by atoms with Gasteiger partial charge in [0.1, 0.15) is 0 Å². The quantitative estimate of drug-likeness (QED) is 0.473. The van der Waals surface area contributed by atoms with Crippen LogP contribution >= 0.6 is 0 Å². The number of amides is 1. The van der Waals surface area contributed by atoms with Crippen molar-refractivity contribution >= 4 is 5.91 Å². The topological polar surface area (TPSA) is 29.1 Å². The van der Waals surface area contributed by atoms with E-state index in [1.165, 1.54) is 0 Å². The first-order chi connectivity index (χ1) is 7.50. The van der Waals surface area contributed by atoms with Crippen molar-refractivity contribution in [1.29, 1.82) is 0 Å². The molecule has 1 aromatic rings. The van der Waals surface area contributed by atoms with Crippen LogP contribution in [0.1, 0.15) is 23.2 Å². The number of carbonyl (C=O) groups is 1. The Kier molecular flexibility index (Phi) is 2.57. The number of halogens is 4. The van der Waals surface area contributed by atoms with Crippen molar-refractivity contribution in [2.75, 3.05) is 0 Å². The van der Waals surface area contributed by atoms with E-state index in [9.17, 15) is 22.4 Å². The first-order valence-corrected chi connectivity index (χ1v) is 4.64. The summed E-state index contributed by atoms with van der Waals surface area (Å²) in [6.45, 7) is 0. The average Bonchev–Trinajstić information content (AvgIpc) is 3.04. The molecule has 86 valence electrons. The zero-order chi connectivity index (χ0) is 11.9. The molecule has 0 spiro atoms. The maximum absolute atomic E-state index is 13.1. The van der Waals surface area contributed by atoms with Gasteiger partial charge in [-0.1, -0.05) is 0 Å². The Morgan fingerprint density at radius 1 is 1.12 bits per heavy atom. The first-order valence-electron chi connectivity index (χ1n) is 4.64. The normalized spacial score (nSPS) is 15.0. The number of rotatable bonds is 2. The van der Waals surface area contributed by atoms with Gasteiger partial charge in [0.05, 0.1) is 5.56 Å². The van der Waals surface area contributed by atoms with Crippen LogP contribution in [0.3, 0.4) is 0 Å². The van der Waals surface area contributed by atoms with E-state index in [1.807, 2.05) is 0 Å². The van der Waals surface area contributed by atoms with Crippen molar-refractivity contribution in [2.45, 2.75) is 18.9 Å². The maximum Gasteiger partial charge on any atom is 0.254 e. The molecule has 0 heterocycles. The van der Waals surface area contributed by atoms with Crippen LogP contribution in [0, 0.1) is 23.3 Å². The van der Waals surface area contributed by atoms with E-state index in [4.69, 9.17) is 0 Å². The molecule has 0 aliphatic heterocycles. The second kappa shape index (κ2) is 3.77. The Bertz CT molecular complexity index is 457. The molecule has 1 aromatic carbocycles. The third kappa shape index (κ3) is 1.87. The summed E-state index contributed by atoms with van der Waals surface area (Å²) in [6.07, 6.45) is 1.50. The van der Waals surface area contributed by atoms with Gasteiger partial charge in [-0.25, -0.2) is 17.6 Å². The molecular formula is C10H7F4NO. The summed E-state index contributed by atoms with van der Waals surface area (Å²) in [5, 5.41) is 2.35. The molecule has 6 heteroatoms. The second-order valence-electron chi connectivity index (χ2n) is 3.60. The Morgan fingerprint density at radius 2 is 1.75 bits per heavy atom. The maximum atomic E-state index is 13.1. The minimum atomic E-state index is -1.97. The number of nitrogens with one attached hydrogen (secondary N) is 1. The van der Waals surface area contributed by atoms with Crippen molar-refractivity contribution in [3.8, 4) is 0 Å². The zero-order valence-electron chi connectivity index (χ0n) is 7.99. The number of hydrogen-bond acceptors (Lipinski definition) is 1. The fraction of sp³-hybridized carbons (Fsp3) is 0.300. The number of benzene rings is 1. The molecule has 0 aromatic heterocycles. The summed E-state index contributed by atoms with van der Waals surface area (Å²) in [7, 11) is 0. The molecule has 1 aliphatic carbocycles. The predicted molar refractivity (Wildman–Crippen MR) is 46.8 cm³/mol. The molecule has 0 radical (unpaired) electrons. The van der Waals surface area contributed by atoms with Gasteiger partial charge in [-0.05, 0) is 18.9 Å². The minimum Gasteiger partial charge on any atom is -0.349 e. The van der Waals surface area contributed by atoms with Crippen molar-refractivity contribution in [1.82, 2.24) is 5.32 Å². The van der Waals surface area contributed by atoms with Gasteiger partial charge < -0.3 is 5.32 Å². The molecule has 1 aliphatic rings. The summed E-state index contributed by atoms with van der Waals surface area (Å²) in [4.78, 5) is 11.3. The Labute approximate surface area is 88.3 Å². The molecule has 1 fully saturated rings. The van der Waals surface area contributed by atoms with Gasteiger partial charge >= 0.3 is 0 Å². The smallest absolute Gasteiger partial charge is 0.254 e. The van der Waals surface area contributed by atoms with Crippen molar-refractivity contribution in [3.63, 3.8) is 0 Å². The predicted octanol–water partition coefficient (Wildman–Crippen LogP) is 2.14. The highest BCUT2D eigenvalue weighted by molar-refractivity contribution is 5.94. The van der Waals surface area contributed by atoms with E-state index in [-0.39, 0.29) is 6.04 Å². The highest BCUT2D eigenvalue weighted by Crippen LogP contribution is 2.22. The molecule has 2 rings (SSSR count). The number of hydrogen-bond donors (Lipinski definition) is 1. The van der Waals surface area contributed by atoms with Crippen LogP contribution in [-0.4, -0.2) is 11.9 Å². The standard InChI is InChI=1S/C10H7F4NO/c11-6-3-5(7(12)9(14)8(6)13)10(16)15-4-1-2-4/h3-4H,1-2H2,(H,15,16). The summed E-state index contributed by atoms with van der Waals surface area (Å²) in [5.41, 5.74) is -0.816. The van der Waals surface area contributed by atoms with Crippen LogP contribution in [0.15, 0.2) is 6.07 Å². The number of carbonyl (C=O) groups excluding carboxylic acids is 1. The van der Waals surface area contributed by atoms with Gasteiger partial charge in [-0.15, -0.1) is 0 Å². The summed E-state index contributed by atoms with van der Waals surface area (Å²) >= 11 is 0. The molecule has 16 heavy (non-hydrogen) atoms. The third-order valence-electron chi connectivity index (χ3n) is 2.26. The lowest BCUT2D eigenvalue weighted by atomic mass is 10.1. The largest absolute Gasteiger partial charge is 0.349 e. The van der Waals surface area contributed by atoms with Gasteiger partial charge in [0, 0.05) is 6.04 Å². The monoisotopic (exact) mass is 233 g/mol. The van der Waals surface area contributed by atoms with Crippen LogP contribution < -0.4 is 5.32 Å². The lowest BCUT2D eigenvalue weighted by Crippen LogP contribution is -2.27. The van der Waals surface area contributed by atoms with E-state index >= 15 is 0 Å². The van der Waals surface area contributed by atoms with E-state index < -0.39 is 34.7 Å². The van der Waals surface area contributed by atoms with Crippen LogP contribution in [0.5, 0.6) is 0 Å². The van der Waals surface area contributed by atoms with Gasteiger partial charge in [-0.2, -0.15) is 0 Å². The molecular weight excluding hydrogens is 226 g/mol. The first kappa shape index (κ1) is 10.9. The van der Waals surface area contributed by atoms with Crippen molar-refractivity contribution in [3.05, 3.63) is 34.9 Å². The molecule has 0 saturated heterocycles. The van der Waals surface area contributed by atoms with Gasteiger partial charge in [0.25, 0.3) is 5.91 Å². The van der Waals surface area contributed by atoms with E-state index in [0.29, 0.717) is 6.07 Å². The van der Waals surface area contributed by atoms with Gasteiger partial charge in [0.15, 0.2) is 23.3 Å². The molecule has 1 saturated carbocycles. The summed E-state index contributed by atoms with van der Waals surface area (Å²) in [6, 6.07) is 0.272. The Hall–Kier alpha value is -1.59. The highest BCUT2D eigenvalue weighted by atomic mass is 19.2. The molecule has 0 unspecified atom stereocenters. The van der Waals surface area contributed by atoms with Crippen LogP contribution in [0.2, 0.25) is 0 Å². The Morgan fingerprint density at radius 3 is 2.31 bits per heavy atom. The van der Waals surface area contributed by atoms with Gasteiger partial charge in [0.2, 0.25) is 0 Å². The average molecular weight is 233 g/mol. The van der Waals surface area contributed by atoms with Gasteiger partial charge in [-0.3, -0.25) is 4.79 Å². The highest BCUT2D eigenvalue weighted by Gasteiger charge is 2.28. The van der Waals surface area contributed by atoms with E-state index in [2.05, 4.69) is 5.32 Å². The van der Waals surface area contributed by atoms with Crippen LogP contribution in [-0.2, 0) is 0 Å². The van der Waals surface area contributed by atoms with E-state index in [1.54, 1.807) is 0 Å². The third-order valence-corrected chi connectivity index (χ3v) is 2.26. The van der Waals surface area contributed by atoms with Crippen LogP contribution in [0.25, 0.3) is 0 Å². The SMILES string of the molecule is O=C(NC1CC1)c1cc(F)c(F)c(F)c1F. The van der Waals surface area contributed by atoms with Crippen LogP contribution in [0.4, 0.5) is 17.6 Å². The minimum absolute atomic E-state index is 0.0805. The Balaban J connectivity index is 2.35.